The predicted molar refractivity (Wildman–Crippen MR) is 114 cm³/mol. The molecule has 160 valence electrons. The molecule has 9 heteroatoms. The van der Waals surface area contributed by atoms with Gasteiger partial charge in [0.25, 0.3) is 0 Å². The van der Waals surface area contributed by atoms with Crippen LogP contribution in [0.2, 0.25) is 0 Å². The number of thiophene rings is 1. The molecule has 2 saturated heterocycles. The first-order valence-electron chi connectivity index (χ1n) is 10.1. The lowest BCUT2D eigenvalue weighted by atomic mass is 9.96. The van der Waals surface area contributed by atoms with E-state index >= 15 is 0 Å². The van der Waals surface area contributed by atoms with Gasteiger partial charge < -0.3 is 10.6 Å². The monoisotopic (exact) mass is 447 g/mol. The van der Waals surface area contributed by atoms with E-state index in [1.165, 1.54) is 33.4 Å². The van der Waals surface area contributed by atoms with Crippen LogP contribution in [0.15, 0.2) is 46.7 Å². The van der Waals surface area contributed by atoms with Crippen molar-refractivity contribution in [1.29, 1.82) is 0 Å². The van der Waals surface area contributed by atoms with Crippen molar-refractivity contribution in [1.82, 2.24) is 9.21 Å². The second-order valence-corrected chi connectivity index (χ2v) is 10.7. The molecule has 0 spiro atoms. The Morgan fingerprint density at radius 2 is 1.70 bits per heavy atom. The number of benzene rings is 1. The Hall–Kier alpha value is -2.23. The molecule has 30 heavy (non-hydrogen) atoms. The summed E-state index contributed by atoms with van der Waals surface area (Å²) in [5.74, 6) is -0.593. The average Bonchev–Trinajstić information content (AvgIpc) is 3.45. The van der Waals surface area contributed by atoms with Crippen molar-refractivity contribution < 1.29 is 18.0 Å². The van der Waals surface area contributed by atoms with E-state index in [9.17, 15) is 18.0 Å². The molecule has 4 rings (SSSR count). The van der Waals surface area contributed by atoms with Crippen LogP contribution < -0.4 is 5.73 Å². The van der Waals surface area contributed by atoms with Crippen molar-refractivity contribution in [2.24, 2.45) is 11.7 Å². The maximum absolute atomic E-state index is 13.2. The van der Waals surface area contributed by atoms with E-state index in [4.69, 9.17) is 5.73 Å². The molecule has 0 radical (unpaired) electrons. The number of hydrogen-bond acceptors (Lipinski definition) is 5. The first-order valence-corrected chi connectivity index (χ1v) is 12.4. The fraction of sp³-hybridized carbons (Fsp3) is 0.429. The predicted octanol–water partition coefficient (Wildman–Crippen LogP) is 2.61. The third kappa shape index (κ3) is 4.01. The van der Waals surface area contributed by atoms with Crippen LogP contribution in [0.25, 0.3) is 0 Å². The molecule has 0 aliphatic carbocycles. The molecule has 2 aliphatic rings. The molecule has 2 amide bonds. The maximum Gasteiger partial charge on any atom is 0.248 e. The summed E-state index contributed by atoms with van der Waals surface area (Å²) in [6.07, 6.45) is 3.03. The third-order valence-corrected chi connectivity index (χ3v) is 8.87. The molecule has 0 bridgehead atoms. The molecule has 1 aromatic carbocycles. The fourth-order valence-corrected chi connectivity index (χ4v) is 6.67. The van der Waals surface area contributed by atoms with Crippen LogP contribution in [0.4, 0.5) is 0 Å². The van der Waals surface area contributed by atoms with Crippen LogP contribution in [0.1, 0.15) is 47.0 Å². The van der Waals surface area contributed by atoms with Gasteiger partial charge in [-0.05, 0) is 61.4 Å². The smallest absolute Gasteiger partial charge is 0.248 e. The number of sulfonamides is 1. The number of carbonyl (C=O) groups excluding carboxylic acids is 2. The summed E-state index contributed by atoms with van der Waals surface area (Å²) < 4.78 is 27.3. The normalized spacial score (nSPS) is 21.1. The van der Waals surface area contributed by atoms with Crippen LogP contribution >= 0.6 is 11.3 Å². The zero-order chi connectivity index (χ0) is 21.3. The van der Waals surface area contributed by atoms with Crippen LogP contribution in [-0.2, 0) is 14.8 Å². The summed E-state index contributed by atoms with van der Waals surface area (Å²) in [6.45, 7) is 1.40. The van der Waals surface area contributed by atoms with Crippen LogP contribution in [0.3, 0.4) is 0 Å². The van der Waals surface area contributed by atoms with Gasteiger partial charge in [0.2, 0.25) is 21.8 Å². The number of primary amides is 1. The third-order valence-electron chi connectivity index (χ3n) is 5.99. The molecular formula is C21H25N3O4S2. The number of nitrogens with zero attached hydrogens (tertiary/aromatic N) is 2. The summed E-state index contributed by atoms with van der Waals surface area (Å²) in [5, 5.41) is 2.04. The summed E-state index contributed by atoms with van der Waals surface area (Å²) in [6, 6.07) is 9.90. The van der Waals surface area contributed by atoms with Crippen LogP contribution in [-0.4, -0.2) is 49.1 Å². The first kappa shape index (κ1) is 21.0. The van der Waals surface area contributed by atoms with Crippen molar-refractivity contribution in [3.8, 4) is 0 Å². The number of carbonyl (C=O) groups is 2. The van der Waals surface area contributed by atoms with Gasteiger partial charge in [-0.25, -0.2) is 8.42 Å². The molecule has 1 aromatic heterocycles. The molecule has 2 fully saturated rings. The van der Waals surface area contributed by atoms with E-state index in [0.717, 1.165) is 19.4 Å². The molecule has 2 aliphatic heterocycles. The van der Waals surface area contributed by atoms with Crippen molar-refractivity contribution in [3.63, 3.8) is 0 Å². The van der Waals surface area contributed by atoms with E-state index in [1.54, 1.807) is 11.3 Å². The summed E-state index contributed by atoms with van der Waals surface area (Å²) in [5.41, 5.74) is 5.49. The molecular weight excluding hydrogens is 422 g/mol. The Morgan fingerprint density at radius 1 is 1.00 bits per heavy atom. The quantitative estimate of drug-likeness (QED) is 0.761. The highest BCUT2D eigenvalue weighted by atomic mass is 32.2. The highest BCUT2D eigenvalue weighted by Gasteiger charge is 2.37. The molecule has 2 N–H and O–H groups in total. The molecule has 1 atom stereocenters. The Labute approximate surface area is 180 Å². The minimum Gasteiger partial charge on any atom is -0.366 e. The van der Waals surface area contributed by atoms with Crippen molar-refractivity contribution >= 4 is 33.2 Å². The lowest BCUT2D eigenvalue weighted by Crippen LogP contribution is -2.44. The molecule has 3 heterocycles. The summed E-state index contributed by atoms with van der Waals surface area (Å²) >= 11 is 1.68. The zero-order valence-electron chi connectivity index (χ0n) is 16.6. The number of hydrogen-bond donors (Lipinski definition) is 1. The Kier molecular flexibility index (Phi) is 5.95. The first-order chi connectivity index (χ1) is 14.4. The van der Waals surface area contributed by atoms with Gasteiger partial charge in [-0.15, -0.1) is 11.3 Å². The van der Waals surface area contributed by atoms with E-state index < -0.39 is 15.9 Å². The lowest BCUT2D eigenvalue weighted by Gasteiger charge is -2.34. The van der Waals surface area contributed by atoms with Crippen LogP contribution in [0, 0.1) is 5.92 Å². The number of likely N-dealkylation sites (tertiary alicyclic amines) is 1. The maximum atomic E-state index is 13.2. The SMILES string of the molecule is NC(=O)c1ccc(S(=O)(=O)N2CCC(C(=O)N3CCC[C@@H]3c3cccs3)CC2)cc1. The second kappa shape index (κ2) is 8.49. The Balaban J connectivity index is 1.40. The Bertz CT molecular complexity index is 1010. The van der Waals surface area contributed by atoms with E-state index in [2.05, 4.69) is 6.07 Å². The molecule has 0 saturated carbocycles. The van der Waals surface area contributed by atoms with Gasteiger partial charge in [0.1, 0.15) is 0 Å². The van der Waals surface area contributed by atoms with E-state index in [-0.39, 0.29) is 28.3 Å². The van der Waals surface area contributed by atoms with Crippen molar-refractivity contribution in [2.75, 3.05) is 19.6 Å². The van der Waals surface area contributed by atoms with Crippen LogP contribution in [0.5, 0.6) is 0 Å². The van der Waals surface area contributed by atoms with Gasteiger partial charge in [0, 0.05) is 36.0 Å². The number of nitrogens with two attached hydrogens (primary N) is 1. The van der Waals surface area contributed by atoms with Crippen molar-refractivity contribution in [3.05, 3.63) is 52.2 Å². The van der Waals surface area contributed by atoms with E-state index in [0.29, 0.717) is 25.9 Å². The van der Waals surface area contributed by atoms with Gasteiger partial charge in [0.05, 0.1) is 10.9 Å². The number of piperidine rings is 1. The highest BCUT2D eigenvalue weighted by molar-refractivity contribution is 7.89. The highest BCUT2D eigenvalue weighted by Crippen LogP contribution is 2.37. The van der Waals surface area contributed by atoms with Crippen molar-refractivity contribution in [2.45, 2.75) is 36.6 Å². The topological polar surface area (TPSA) is 101 Å². The van der Waals surface area contributed by atoms with Gasteiger partial charge in [-0.3, -0.25) is 9.59 Å². The molecule has 7 nitrogen and oxygen atoms in total. The molecule has 2 aromatic rings. The number of rotatable bonds is 5. The zero-order valence-corrected chi connectivity index (χ0v) is 18.2. The minimum absolute atomic E-state index is 0.134. The van der Waals surface area contributed by atoms with Gasteiger partial charge in [-0.1, -0.05) is 6.07 Å². The summed E-state index contributed by atoms with van der Waals surface area (Å²) in [7, 11) is -3.66. The Morgan fingerprint density at radius 3 is 2.30 bits per heavy atom. The fourth-order valence-electron chi connectivity index (χ4n) is 4.33. The van der Waals surface area contributed by atoms with Gasteiger partial charge in [0.15, 0.2) is 0 Å². The lowest BCUT2D eigenvalue weighted by molar-refractivity contribution is -0.137. The standard InChI is InChI=1S/C21H25N3O4S2/c22-20(25)15-5-7-17(8-6-15)30(27,28)23-12-9-16(10-13-23)21(26)24-11-1-3-18(24)19-4-2-14-29-19/h2,4-8,14,16,18H,1,3,9-13H2,(H2,22,25)/t18-/m1/s1. The second-order valence-electron chi connectivity index (χ2n) is 7.77. The largest absolute Gasteiger partial charge is 0.366 e. The number of amides is 2. The molecule has 0 unspecified atom stereocenters. The average molecular weight is 448 g/mol. The minimum atomic E-state index is -3.66. The van der Waals surface area contributed by atoms with E-state index in [1.807, 2.05) is 16.3 Å². The summed E-state index contributed by atoms with van der Waals surface area (Å²) in [4.78, 5) is 27.7. The van der Waals surface area contributed by atoms with Gasteiger partial charge >= 0.3 is 0 Å². The van der Waals surface area contributed by atoms with Gasteiger partial charge in [-0.2, -0.15) is 4.31 Å².